The molecule has 0 saturated carbocycles. The van der Waals surface area contributed by atoms with Crippen LogP contribution in [-0.4, -0.2) is 35.0 Å². The summed E-state index contributed by atoms with van der Waals surface area (Å²) < 4.78 is 28.6. The van der Waals surface area contributed by atoms with E-state index in [0.717, 1.165) is 19.3 Å². The van der Waals surface area contributed by atoms with Crippen molar-refractivity contribution in [2.45, 2.75) is 57.6 Å². The maximum Gasteiger partial charge on any atom is 0.244 e. The minimum absolute atomic E-state index is 0.0744. The van der Waals surface area contributed by atoms with E-state index in [1.54, 1.807) is 28.2 Å². The van der Waals surface area contributed by atoms with Gasteiger partial charge in [-0.15, -0.1) is 0 Å². The van der Waals surface area contributed by atoms with Gasteiger partial charge in [0.15, 0.2) is 0 Å². The van der Waals surface area contributed by atoms with E-state index in [1.165, 1.54) is 0 Å². The Morgan fingerprint density at radius 2 is 2.00 bits per heavy atom. The van der Waals surface area contributed by atoms with Gasteiger partial charge in [-0.1, -0.05) is 19.8 Å². The first kappa shape index (κ1) is 17.2. The van der Waals surface area contributed by atoms with E-state index in [4.69, 9.17) is 0 Å². The first-order valence-corrected chi connectivity index (χ1v) is 8.56. The third-order valence-electron chi connectivity index (χ3n) is 3.41. The lowest BCUT2D eigenvalue weighted by atomic mass is 10.2. The molecule has 0 aromatic carbocycles. The summed E-state index contributed by atoms with van der Waals surface area (Å²) >= 11 is 0. The van der Waals surface area contributed by atoms with Crippen LogP contribution >= 0.6 is 0 Å². The number of hydrogen-bond donors (Lipinski definition) is 1. The molecular formula is C14H26N2O3S. The third-order valence-corrected chi connectivity index (χ3v) is 5.45. The monoisotopic (exact) mass is 302 g/mol. The highest BCUT2D eigenvalue weighted by Crippen LogP contribution is 2.21. The highest BCUT2D eigenvalue weighted by atomic mass is 32.2. The Kier molecular flexibility index (Phi) is 6.23. The van der Waals surface area contributed by atoms with Crippen molar-refractivity contribution in [3.63, 3.8) is 0 Å². The van der Waals surface area contributed by atoms with Crippen LogP contribution in [0.25, 0.3) is 0 Å². The number of sulfonamides is 1. The van der Waals surface area contributed by atoms with Gasteiger partial charge in [0.25, 0.3) is 0 Å². The summed E-state index contributed by atoms with van der Waals surface area (Å²) in [4.78, 5) is 0.259. The Balaban J connectivity index is 3.02. The SMILES string of the molecule is CCCCCN(C(C)C)S(=O)(=O)c1cc(CO)n(C)c1. The molecule has 0 aliphatic rings. The fourth-order valence-electron chi connectivity index (χ4n) is 2.18. The molecule has 20 heavy (non-hydrogen) atoms. The van der Waals surface area contributed by atoms with Crippen LogP contribution in [-0.2, 0) is 23.7 Å². The van der Waals surface area contributed by atoms with Gasteiger partial charge in [0.1, 0.15) is 4.90 Å². The fraction of sp³-hybridized carbons (Fsp3) is 0.714. The van der Waals surface area contributed by atoms with Crippen LogP contribution in [0.4, 0.5) is 0 Å². The molecule has 0 radical (unpaired) electrons. The second-order valence-corrected chi connectivity index (χ2v) is 7.24. The molecule has 116 valence electrons. The van der Waals surface area contributed by atoms with Gasteiger partial charge in [0, 0.05) is 31.5 Å². The zero-order valence-electron chi connectivity index (χ0n) is 12.8. The largest absolute Gasteiger partial charge is 0.390 e. The van der Waals surface area contributed by atoms with Gasteiger partial charge >= 0.3 is 0 Å². The molecule has 0 atom stereocenters. The second kappa shape index (κ2) is 7.24. The Labute approximate surface area is 122 Å². The summed E-state index contributed by atoms with van der Waals surface area (Å²) in [6, 6.07) is 1.47. The maximum absolute atomic E-state index is 12.7. The average molecular weight is 302 g/mol. The lowest BCUT2D eigenvalue weighted by molar-refractivity contribution is 0.272. The highest BCUT2D eigenvalue weighted by Gasteiger charge is 2.27. The standard InChI is InChI=1S/C14H26N2O3S/c1-5-6-7-8-16(12(2)3)20(18,19)14-9-13(11-17)15(4)10-14/h9-10,12,17H,5-8,11H2,1-4H3. The van der Waals surface area contributed by atoms with Crippen molar-refractivity contribution in [1.29, 1.82) is 0 Å². The Bertz CT molecular complexity index is 521. The molecule has 6 heteroatoms. The molecule has 0 amide bonds. The summed E-state index contributed by atoms with van der Waals surface area (Å²) in [7, 11) is -1.75. The van der Waals surface area contributed by atoms with Crippen molar-refractivity contribution in [3.8, 4) is 0 Å². The van der Waals surface area contributed by atoms with E-state index >= 15 is 0 Å². The van der Waals surface area contributed by atoms with Crippen LogP contribution in [0.5, 0.6) is 0 Å². The van der Waals surface area contributed by atoms with E-state index in [-0.39, 0.29) is 17.5 Å². The van der Waals surface area contributed by atoms with Crippen LogP contribution in [0.2, 0.25) is 0 Å². The van der Waals surface area contributed by atoms with Crippen LogP contribution in [0.3, 0.4) is 0 Å². The molecule has 0 aliphatic carbocycles. The zero-order valence-corrected chi connectivity index (χ0v) is 13.7. The Morgan fingerprint density at radius 1 is 1.35 bits per heavy atom. The summed E-state index contributed by atoms with van der Waals surface area (Å²) in [6.45, 7) is 6.25. The molecule has 0 spiro atoms. The van der Waals surface area contributed by atoms with Crippen LogP contribution in [0.1, 0.15) is 45.7 Å². The van der Waals surface area contributed by atoms with Gasteiger partial charge in [-0.25, -0.2) is 8.42 Å². The van der Waals surface area contributed by atoms with Gasteiger partial charge < -0.3 is 9.67 Å². The lowest BCUT2D eigenvalue weighted by Gasteiger charge is -2.25. The van der Waals surface area contributed by atoms with Gasteiger partial charge in [-0.05, 0) is 26.3 Å². The zero-order chi connectivity index (χ0) is 15.3. The van der Waals surface area contributed by atoms with Crippen molar-refractivity contribution < 1.29 is 13.5 Å². The smallest absolute Gasteiger partial charge is 0.244 e. The van der Waals surface area contributed by atoms with Crippen LogP contribution in [0.15, 0.2) is 17.2 Å². The van der Waals surface area contributed by atoms with E-state index in [0.29, 0.717) is 12.2 Å². The van der Waals surface area contributed by atoms with Gasteiger partial charge in [-0.2, -0.15) is 4.31 Å². The van der Waals surface area contributed by atoms with Crippen molar-refractivity contribution in [1.82, 2.24) is 8.87 Å². The van der Waals surface area contributed by atoms with Crippen molar-refractivity contribution >= 4 is 10.0 Å². The number of aliphatic hydroxyl groups excluding tert-OH is 1. The topological polar surface area (TPSA) is 62.5 Å². The van der Waals surface area contributed by atoms with Gasteiger partial charge in [-0.3, -0.25) is 0 Å². The molecule has 0 saturated heterocycles. The predicted molar refractivity (Wildman–Crippen MR) is 79.9 cm³/mol. The van der Waals surface area contributed by atoms with Crippen molar-refractivity contribution in [2.75, 3.05) is 6.54 Å². The number of aromatic nitrogens is 1. The molecule has 1 heterocycles. The fourth-order valence-corrected chi connectivity index (χ4v) is 3.96. The molecule has 1 aromatic heterocycles. The molecule has 1 N–H and O–H groups in total. The maximum atomic E-state index is 12.7. The number of unbranched alkanes of at least 4 members (excludes halogenated alkanes) is 2. The number of aliphatic hydroxyl groups is 1. The lowest BCUT2D eigenvalue weighted by Crippen LogP contribution is -2.37. The van der Waals surface area contributed by atoms with Crippen molar-refractivity contribution in [3.05, 3.63) is 18.0 Å². The number of nitrogens with zero attached hydrogens (tertiary/aromatic N) is 2. The number of aryl methyl sites for hydroxylation is 1. The van der Waals surface area contributed by atoms with Gasteiger partial charge in [0.2, 0.25) is 10.0 Å². The Hall–Kier alpha value is -0.850. The molecule has 0 aliphatic heterocycles. The number of rotatable bonds is 8. The summed E-state index contributed by atoms with van der Waals surface area (Å²) in [5, 5.41) is 9.19. The number of hydrogen-bond acceptors (Lipinski definition) is 3. The first-order chi connectivity index (χ1) is 9.34. The molecule has 0 fully saturated rings. The van der Waals surface area contributed by atoms with E-state index in [9.17, 15) is 13.5 Å². The van der Waals surface area contributed by atoms with Gasteiger partial charge in [0.05, 0.1) is 6.61 Å². The summed E-state index contributed by atoms with van der Waals surface area (Å²) in [6.07, 6.45) is 4.52. The van der Waals surface area contributed by atoms with Crippen molar-refractivity contribution in [2.24, 2.45) is 7.05 Å². The third kappa shape index (κ3) is 3.84. The molecule has 0 bridgehead atoms. The predicted octanol–water partition coefficient (Wildman–Crippen LogP) is 2.11. The summed E-state index contributed by atoms with van der Waals surface area (Å²) in [5.74, 6) is 0. The second-order valence-electron chi connectivity index (χ2n) is 5.35. The highest BCUT2D eigenvalue weighted by molar-refractivity contribution is 7.89. The molecule has 1 rings (SSSR count). The molecular weight excluding hydrogens is 276 g/mol. The Morgan fingerprint density at radius 3 is 2.45 bits per heavy atom. The minimum atomic E-state index is -3.49. The van der Waals surface area contributed by atoms with Crippen LogP contribution < -0.4 is 0 Å². The molecule has 5 nitrogen and oxygen atoms in total. The molecule has 1 aromatic rings. The van der Waals surface area contributed by atoms with E-state index in [1.807, 2.05) is 13.8 Å². The van der Waals surface area contributed by atoms with E-state index in [2.05, 4.69) is 6.92 Å². The normalized spacial score (nSPS) is 12.6. The molecule has 0 unspecified atom stereocenters. The quantitative estimate of drug-likeness (QED) is 0.748. The first-order valence-electron chi connectivity index (χ1n) is 7.12. The average Bonchev–Trinajstić information content (AvgIpc) is 2.76. The van der Waals surface area contributed by atoms with Crippen LogP contribution in [0, 0.1) is 0 Å². The summed E-state index contributed by atoms with van der Waals surface area (Å²) in [5.41, 5.74) is 0.598. The minimum Gasteiger partial charge on any atom is -0.390 e. The van der Waals surface area contributed by atoms with E-state index < -0.39 is 10.0 Å².